The van der Waals surface area contributed by atoms with Crippen molar-refractivity contribution in [1.29, 1.82) is 0 Å². The smallest absolute Gasteiger partial charge is 0.246 e. The van der Waals surface area contributed by atoms with Crippen LogP contribution in [0.1, 0.15) is 11.1 Å². The van der Waals surface area contributed by atoms with Crippen molar-refractivity contribution in [3.05, 3.63) is 90.0 Å². The number of amides is 1. The molecule has 128 valence electrons. The summed E-state index contributed by atoms with van der Waals surface area (Å²) in [6, 6.07) is 22.2. The Kier molecular flexibility index (Phi) is 4.05. The lowest BCUT2D eigenvalue weighted by Gasteiger charge is -2.22. The van der Waals surface area contributed by atoms with Crippen LogP contribution in [0, 0.1) is 0 Å². The zero-order chi connectivity index (χ0) is 18.1. The van der Waals surface area contributed by atoms with Crippen molar-refractivity contribution < 1.29 is 9.53 Å². The lowest BCUT2D eigenvalue weighted by molar-refractivity contribution is -0.123. The summed E-state index contributed by atoms with van der Waals surface area (Å²) >= 11 is 0. The number of likely N-dealkylation sites (N-methyl/N-ethyl adjacent to an activating group) is 1. The van der Waals surface area contributed by atoms with E-state index in [1.54, 1.807) is 25.1 Å². The highest BCUT2D eigenvalue weighted by Gasteiger charge is 2.21. The van der Waals surface area contributed by atoms with E-state index in [1.165, 1.54) is 0 Å². The Morgan fingerprint density at radius 2 is 1.65 bits per heavy atom. The first-order valence-electron chi connectivity index (χ1n) is 8.53. The minimum Gasteiger partial charge on any atom is -0.455 e. The van der Waals surface area contributed by atoms with E-state index in [1.807, 2.05) is 60.7 Å². The standard InChI is InChI=1S/C23H19NO2/c1-24(2)22(25)15-18-14-21(17-9-4-3-5-10-17)26-23-19-11-7-6-8-16(19)12-13-20(18)23/h3-15H,1-2H3/b18-15+. The Morgan fingerprint density at radius 1 is 0.923 bits per heavy atom. The molecule has 0 unspecified atom stereocenters. The molecule has 1 aliphatic heterocycles. The number of fused-ring (bicyclic) bond motifs is 3. The molecule has 0 N–H and O–H groups in total. The molecule has 1 heterocycles. The van der Waals surface area contributed by atoms with Crippen molar-refractivity contribution in [2.45, 2.75) is 0 Å². The molecule has 0 atom stereocenters. The van der Waals surface area contributed by atoms with Gasteiger partial charge in [-0.1, -0.05) is 60.7 Å². The fraction of sp³-hybridized carbons (Fsp3) is 0.0870. The van der Waals surface area contributed by atoms with E-state index in [0.29, 0.717) is 0 Å². The van der Waals surface area contributed by atoms with Crippen LogP contribution >= 0.6 is 0 Å². The predicted octanol–water partition coefficient (Wildman–Crippen LogP) is 4.74. The summed E-state index contributed by atoms with van der Waals surface area (Å²) in [6.07, 6.45) is 3.60. The molecule has 3 aromatic carbocycles. The Labute approximate surface area is 152 Å². The van der Waals surface area contributed by atoms with Crippen LogP contribution in [0.2, 0.25) is 0 Å². The van der Waals surface area contributed by atoms with Crippen LogP contribution in [-0.2, 0) is 4.79 Å². The second-order valence-corrected chi connectivity index (χ2v) is 6.47. The van der Waals surface area contributed by atoms with Crippen molar-refractivity contribution >= 4 is 28.0 Å². The van der Waals surface area contributed by atoms with Gasteiger partial charge in [0, 0.05) is 36.7 Å². The van der Waals surface area contributed by atoms with Gasteiger partial charge in [-0.05, 0) is 23.1 Å². The zero-order valence-electron chi connectivity index (χ0n) is 14.8. The molecule has 0 aliphatic carbocycles. The number of hydrogen-bond acceptors (Lipinski definition) is 2. The zero-order valence-corrected chi connectivity index (χ0v) is 14.8. The second kappa shape index (κ2) is 6.52. The topological polar surface area (TPSA) is 29.5 Å². The Hall–Kier alpha value is -3.33. The monoisotopic (exact) mass is 341 g/mol. The first kappa shape index (κ1) is 16.2. The SMILES string of the molecule is CN(C)C(=O)/C=C1\C=C(c2ccccc2)Oc2c1ccc1ccccc21. The average molecular weight is 341 g/mol. The molecule has 4 rings (SSSR count). The van der Waals surface area contributed by atoms with Crippen LogP contribution in [-0.4, -0.2) is 24.9 Å². The Balaban J connectivity index is 1.94. The predicted molar refractivity (Wildman–Crippen MR) is 106 cm³/mol. The molecule has 0 saturated carbocycles. The van der Waals surface area contributed by atoms with Gasteiger partial charge in [-0.15, -0.1) is 0 Å². The molecule has 0 fully saturated rings. The van der Waals surface area contributed by atoms with Gasteiger partial charge in [-0.2, -0.15) is 0 Å². The lowest BCUT2D eigenvalue weighted by Crippen LogP contribution is -2.19. The summed E-state index contributed by atoms with van der Waals surface area (Å²) < 4.78 is 6.30. The van der Waals surface area contributed by atoms with Crippen molar-refractivity contribution in [3.8, 4) is 5.75 Å². The molecule has 3 heteroatoms. The largest absolute Gasteiger partial charge is 0.455 e. The van der Waals surface area contributed by atoms with E-state index in [2.05, 4.69) is 12.1 Å². The number of carbonyl (C=O) groups is 1. The van der Waals surface area contributed by atoms with E-state index in [9.17, 15) is 4.79 Å². The molecular formula is C23H19NO2. The van der Waals surface area contributed by atoms with Crippen LogP contribution in [0.5, 0.6) is 5.75 Å². The van der Waals surface area contributed by atoms with Crippen LogP contribution in [0.3, 0.4) is 0 Å². The average Bonchev–Trinajstić information content (AvgIpc) is 2.68. The number of hydrogen-bond donors (Lipinski definition) is 0. The van der Waals surface area contributed by atoms with Crippen molar-refractivity contribution in [2.75, 3.05) is 14.1 Å². The van der Waals surface area contributed by atoms with Crippen LogP contribution in [0.25, 0.3) is 22.1 Å². The minimum atomic E-state index is -0.0512. The lowest BCUT2D eigenvalue weighted by atomic mass is 9.95. The molecule has 3 nitrogen and oxygen atoms in total. The molecule has 1 amide bonds. The highest BCUT2D eigenvalue weighted by molar-refractivity contribution is 6.04. The second-order valence-electron chi connectivity index (χ2n) is 6.47. The van der Waals surface area contributed by atoms with E-state index in [-0.39, 0.29) is 5.91 Å². The van der Waals surface area contributed by atoms with Gasteiger partial charge < -0.3 is 9.64 Å². The number of allylic oxidation sites excluding steroid dienone is 2. The van der Waals surface area contributed by atoms with Crippen molar-refractivity contribution in [3.63, 3.8) is 0 Å². The van der Waals surface area contributed by atoms with E-state index >= 15 is 0 Å². The van der Waals surface area contributed by atoms with E-state index in [4.69, 9.17) is 4.74 Å². The third-order valence-electron chi connectivity index (χ3n) is 4.47. The number of ether oxygens (including phenoxy) is 1. The molecule has 0 bridgehead atoms. The van der Waals surface area contributed by atoms with Gasteiger partial charge in [0.25, 0.3) is 0 Å². The molecule has 26 heavy (non-hydrogen) atoms. The molecular weight excluding hydrogens is 322 g/mol. The fourth-order valence-electron chi connectivity index (χ4n) is 3.06. The highest BCUT2D eigenvalue weighted by Crippen LogP contribution is 2.41. The van der Waals surface area contributed by atoms with Gasteiger partial charge in [-0.3, -0.25) is 4.79 Å². The summed E-state index contributed by atoms with van der Waals surface area (Å²) in [7, 11) is 3.50. The maximum atomic E-state index is 12.3. The number of benzene rings is 3. The van der Waals surface area contributed by atoms with Crippen LogP contribution < -0.4 is 4.74 Å². The third kappa shape index (κ3) is 2.88. The van der Waals surface area contributed by atoms with Gasteiger partial charge in [0.15, 0.2) is 0 Å². The first-order valence-corrected chi connectivity index (χ1v) is 8.53. The first-order chi connectivity index (χ1) is 12.6. The Bertz CT molecular complexity index is 1050. The molecule has 0 aromatic heterocycles. The van der Waals surface area contributed by atoms with Crippen LogP contribution in [0.4, 0.5) is 0 Å². The molecule has 0 radical (unpaired) electrons. The molecule has 1 aliphatic rings. The fourth-order valence-corrected chi connectivity index (χ4v) is 3.06. The van der Waals surface area contributed by atoms with Gasteiger partial charge in [0.2, 0.25) is 5.91 Å². The highest BCUT2D eigenvalue weighted by atomic mass is 16.5. The van der Waals surface area contributed by atoms with Crippen molar-refractivity contribution in [1.82, 2.24) is 4.90 Å². The molecule has 3 aromatic rings. The minimum absolute atomic E-state index is 0.0512. The number of nitrogens with zero attached hydrogens (tertiary/aromatic N) is 1. The summed E-state index contributed by atoms with van der Waals surface area (Å²) in [6.45, 7) is 0. The summed E-state index contributed by atoms with van der Waals surface area (Å²) in [5.74, 6) is 1.49. The maximum absolute atomic E-state index is 12.3. The van der Waals surface area contributed by atoms with E-state index in [0.717, 1.165) is 39.0 Å². The summed E-state index contributed by atoms with van der Waals surface area (Å²) in [5, 5.41) is 2.15. The van der Waals surface area contributed by atoms with Crippen molar-refractivity contribution in [2.24, 2.45) is 0 Å². The number of carbonyl (C=O) groups excluding carboxylic acids is 1. The number of rotatable bonds is 2. The van der Waals surface area contributed by atoms with Gasteiger partial charge >= 0.3 is 0 Å². The third-order valence-corrected chi connectivity index (χ3v) is 4.47. The molecule has 0 saturated heterocycles. The van der Waals surface area contributed by atoms with E-state index < -0.39 is 0 Å². The van der Waals surface area contributed by atoms with Gasteiger partial charge in [0.1, 0.15) is 11.5 Å². The normalized spacial score (nSPS) is 14.5. The summed E-state index contributed by atoms with van der Waals surface area (Å²) in [4.78, 5) is 13.9. The molecule has 0 spiro atoms. The maximum Gasteiger partial charge on any atom is 0.246 e. The Morgan fingerprint density at radius 3 is 2.42 bits per heavy atom. The van der Waals surface area contributed by atoms with Gasteiger partial charge in [-0.25, -0.2) is 0 Å². The van der Waals surface area contributed by atoms with Crippen LogP contribution in [0.15, 0.2) is 78.9 Å². The quantitative estimate of drug-likeness (QED) is 0.630. The van der Waals surface area contributed by atoms with Gasteiger partial charge in [0.05, 0.1) is 0 Å². The summed E-state index contributed by atoms with van der Waals surface area (Å²) in [5.41, 5.74) is 2.77.